The molecule has 1 aliphatic rings. The lowest BCUT2D eigenvalue weighted by atomic mass is 9.93. The number of amides is 2. The second kappa shape index (κ2) is 10.6. The molecular formula is C26H27ClN4O2. The molecule has 1 unspecified atom stereocenters. The summed E-state index contributed by atoms with van der Waals surface area (Å²) in [6.45, 7) is 3.21. The van der Waals surface area contributed by atoms with Gasteiger partial charge in [0, 0.05) is 22.8 Å². The van der Waals surface area contributed by atoms with Crippen LogP contribution in [-0.4, -0.2) is 34.8 Å². The molecule has 0 saturated carbocycles. The third kappa shape index (κ3) is 5.78. The topological polar surface area (TPSA) is 74.3 Å². The number of hydrogen-bond donors (Lipinski definition) is 2. The van der Waals surface area contributed by atoms with Gasteiger partial charge in [-0.1, -0.05) is 54.1 Å². The number of pyridine rings is 1. The van der Waals surface area contributed by atoms with E-state index in [0.29, 0.717) is 42.5 Å². The van der Waals surface area contributed by atoms with Gasteiger partial charge in [-0.05, 0) is 68.2 Å². The summed E-state index contributed by atoms with van der Waals surface area (Å²) in [5.74, 6) is 0.308. The predicted molar refractivity (Wildman–Crippen MR) is 131 cm³/mol. The van der Waals surface area contributed by atoms with E-state index in [1.165, 1.54) is 0 Å². The number of halogens is 1. The van der Waals surface area contributed by atoms with Crippen molar-refractivity contribution in [3.05, 3.63) is 89.1 Å². The number of rotatable bonds is 6. The fourth-order valence-electron chi connectivity index (χ4n) is 4.13. The number of piperidine rings is 1. The van der Waals surface area contributed by atoms with Crippen molar-refractivity contribution in [2.24, 2.45) is 5.92 Å². The van der Waals surface area contributed by atoms with Crippen LogP contribution in [0.25, 0.3) is 0 Å². The third-order valence-electron chi connectivity index (χ3n) is 5.98. The Kier molecular flexibility index (Phi) is 7.37. The molecule has 7 heteroatoms. The lowest BCUT2D eigenvalue weighted by molar-refractivity contribution is -0.124. The number of anilines is 2. The highest BCUT2D eigenvalue weighted by Crippen LogP contribution is 2.29. The van der Waals surface area contributed by atoms with E-state index in [0.717, 1.165) is 11.1 Å². The second-order valence-electron chi connectivity index (χ2n) is 8.28. The van der Waals surface area contributed by atoms with Crippen LogP contribution in [0, 0.1) is 12.8 Å². The van der Waals surface area contributed by atoms with E-state index in [2.05, 4.69) is 20.5 Å². The van der Waals surface area contributed by atoms with Crippen LogP contribution in [0.5, 0.6) is 0 Å². The zero-order valence-corrected chi connectivity index (χ0v) is 19.3. The average Bonchev–Trinajstić information content (AvgIpc) is 2.83. The van der Waals surface area contributed by atoms with Crippen molar-refractivity contribution in [1.82, 2.24) is 9.88 Å². The van der Waals surface area contributed by atoms with Crippen LogP contribution in [-0.2, 0) is 9.59 Å². The van der Waals surface area contributed by atoms with E-state index >= 15 is 0 Å². The van der Waals surface area contributed by atoms with Crippen molar-refractivity contribution in [2.75, 3.05) is 23.7 Å². The molecule has 4 rings (SSSR count). The SMILES string of the molecule is Cc1ccc(NC(=O)C(c2ccccc2)N2CCC(C(=O)Nc3ccccn3)CC2)cc1Cl. The van der Waals surface area contributed by atoms with Gasteiger partial charge in [0.15, 0.2) is 0 Å². The molecule has 2 N–H and O–H groups in total. The van der Waals surface area contributed by atoms with Crippen LogP contribution in [0.15, 0.2) is 72.9 Å². The van der Waals surface area contributed by atoms with E-state index in [-0.39, 0.29) is 17.7 Å². The first-order valence-electron chi connectivity index (χ1n) is 11.1. The Morgan fingerprint density at radius 3 is 2.39 bits per heavy atom. The Balaban J connectivity index is 1.45. The average molecular weight is 463 g/mol. The van der Waals surface area contributed by atoms with E-state index < -0.39 is 6.04 Å². The van der Waals surface area contributed by atoms with E-state index in [1.807, 2.05) is 61.5 Å². The van der Waals surface area contributed by atoms with E-state index in [1.54, 1.807) is 18.3 Å². The number of carbonyl (C=O) groups is 2. The Hall–Kier alpha value is -3.22. The zero-order chi connectivity index (χ0) is 23.2. The van der Waals surface area contributed by atoms with Crippen molar-refractivity contribution >= 4 is 34.9 Å². The molecule has 3 aromatic rings. The number of aryl methyl sites for hydroxylation is 1. The summed E-state index contributed by atoms with van der Waals surface area (Å²) in [5.41, 5.74) is 2.55. The molecule has 0 bridgehead atoms. The normalized spacial score (nSPS) is 15.6. The molecule has 33 heavy (non-hydrogen) atoms. The van der Waals surface area contributed by atoms with Crippen LogP contribution < -0.4 is 10.6 Å². The van der Waals surface area contributed by atoms with Crippen LogP contribution in [0.2, 0.25) is 5.02 Å². The smallest absolute Gasteiger partial charge is 0.246 e. The van der Waals surface area contributed by atoms with Gasteiger partial charge >= 0.3 is 0 Å². The summed E-state index contributed by atoms with van der Waals surface area (Å²) >= 11 is 6.24. The molecule has 0 spiro atoms. The third-order valence-corrected chi connectivity index (χ3v) is 6.39. The van der Waals surface area contributed by atoms with Gasteiger partial charge in [0.05, 0.1) is 0 Å². The number of aromatic nitrogens is 1. The van der Waals surface area contributed by atoms with E-state index in [4.69, 9.17) is 11.6 Å². The quantitative estimate of drug-likeness (QED) is 0.536. The Bertz CT molecular complexity index is 1100. The Morgan fingerprint density at radius 2 is 1.73 bits per heavy atom. The molecule has 1 aromatic heterocycles. The maximum Gasteiger partial charge on any atom is 0.246 e. The molecule has 1 atom stereocenters. The van der Waals surface area contributed by atoms with Crippen molar-refractivity contribution in [3.63, 3.8) is 0 Å². The molecule has 1 fully saturated rings. The molecule has 1 saturated heterocycles. The summed E-state index contributed by atoms with van der Waals surface area (Å²) in [6.07, 6.45) is 3.00. The molecule has 0 radical (unpaired) electrons. The molecule has 2 aromatic carbocycles. The van der Waals surface area contributed by atoms with Crippen molar-refractivity contribution in [1.29, 1.82) is 0 Å². The molecule has 170 valence electrons. The maximum absolute atomic E-state index is 13.4. The first-order chi connectivity index (χ1) is 16.0. The first-order valence-corrected chi connectivity index (χ1v) is 11.5. The predicted octanol–water partition coefficient (Wildman–Crippen LogP) is 5.07. The lowest BCUT2D eigenvalue weighted by Gasteiger charge is -2.36. The summed E-state index contributed by atoms with van der Waals surface area (Å²) in [7, 11) is 0. The van der Waals surface area contributed by atoms with Crippen LogP contribution >= 0.6 is 11.6 Å². The monoisotopic (exact) mass is 462 g/mol. The van der Waals surface area contributed by atoms with Gasteiger partial charge < -0.3 is 10.6 Å². The van der Waals surface area contributed by atoms with Crippen LogP contribution in [0.1, 0.15) is 30.0 Å². The molecule has 2 heterocycles. The van der Waals surface area contributed by atoms with Gasteiger partial charge in [-0.2, -0.15) is 0 Å². The molecule has 2 amide bonds. The summed E-state index contributed by atoms with van der Waals surface area (Å²) in [6, 6.07) is 20.2. The summed E-state index contributed by atoms with van der Waals surface area (Å²) < 4.78 is 0. The zero-order valence-electron chi connectivity index (χ0n) is 18.5. The van der Waals surface area contributed by atoms with Gasteiger partial charge in [-0.25, -0.2) is 4.98 Å². The summed E-state index contributed by atoms with van der Waals surface area (Å²) in [4.78, 5) is 32.4. The minimum Gasteiger partial charge on any atom is -0.324 e. The Morgan fingerprint density at radius 1 is 1.00 bits per heavy atom. The highest BCUT2D eigenvalue weighted by Gasteiger charge is 2.33. The van der Waals surface area contributed by atoms with Gasteiger partial charge in [-0.15, -0.1) is 0 Å². The lowest BCUT2D eigenvalue weighted by Crippen LogP contribution is -2.44. The van der Waals surface area contributed by atoms with Gasteiger partial charge in [0.2, 0.25) is 11.8 Å². The molecule has 6 nitrogen and oxygen atoms in total. The summed E-state index contributed by atoms with van der Waals surface area (Å²) in [5, 5.41) is 6.53. The van der Waals surface area contributed by atoms with Gasteiger partial charge in [0.25, 0.3) is 0 Å². The van der Waals surface area contributed by atoms with Crippen LogP contribution in [0.4, 0.5) is 11.5 Å². The number of likely N-dealkylation sites (tertiary alicyclic amines) is 1. The van der Waals surface area contributed by atoms with Crippen LogP contribution in [0.3, 0.4) is 0 Å². The number of hydrogen-bond acceptors (Lipinski definition) is 4. The minimum absolute atomic E-state index is 0.0247. The first kappa shape index (κ1) is 23.0. The van der Waals surface area contributed by atoms with Crippen molar-refractivity contribution in [2.45, 2.75) is 25.8 Å². The molecular weight excluding hydrogens is 436 g/mol. The van der Waals surface area contributed by atoms with Gasteiger partial charge in [0.1, 0.15) is 11.9 Å². The van der Waals surface area contributed by atoms with Crippen molar-refractivity contribution < 1.29 is 9.59 Å². The second-order valence-corrected chi connectivity index (χ2v) is 8.69. The Labute approximate surface area is 199 Å². The fraction of sp³-hybridized carbons (Fsp3) is 0.269. The largest absolute Gasteiger partial charge is 0.324 e. The van der Waals surface area contributed by atoms with Crippen molar-refractivity contribution in [3.8, 4) is 0 Å². The minimum atomic E-state index is -0.453. The molecule has 1 aliphatic heterocycles. The molecule has 0 aliphatic carbocycles. The van der Waals surface area contributed by atoms with Gasteiger partial charge in [-0.3, -0.25) is 14.5 Å². The van der Waals surface area contributed by atoms with E-state index in [9.17, 15) is 9.59 Å². The number of nitrogens with one attached hydrogen (secondary N) is 2. The number of nitrogens with zero attached hydrogens (tertiary/aromatic N) is 2. The highest BCUT2D eigenvalue weighted by molar-refractivity contribution is 6.31. The number of carbonyl (C=O) groups excluding carboxylic acids is 2. The number of benzene rings is 2. The highest BCUT2D eigenvalue weighted by atomic mass is 35.5. The standard InChI is InChI=1S/C26H27ClN4O2/c1-18-10-11-21(17-22(18)27)29-26(33)24(19-7-3-2-4-8-19)31-15-12-20(13-16-31)25(32)30-23-9-5-6-14-28-23/h2-11,14,17,20,24H,12-13,15-16H2,1H3,(H,29,33)(H,28,30,32). The fourth-order valence-corrected chi connectivity index (χ4v) is 4.31. The maximum atomic E-state index is 13.4.